The molecule has 0 bridgehead atoms. The zero-order chi connectivity index (χ0) is 21.1. The SMILES string of the molecule is CC(c1cccc(NC(=O)c2ccccc2)c1)N(C)C(=O)c1cc2c(s1)CCCC2. The smallest absolute Gasteiger partial charge is 0.264 e. The number of nitrogens with one attached hydrogen (secondary N) is 1. The number of anilines is 1. The Hall–Kier alpha value is -2.92. The molecule has 1 heterocycles. The van der Waals surface area contributed by atoms with Crippen LogP contribution in [0.4, 0.5) is 5.69 Å². The summed E-state index contributed by atoms with van der Waals surface area (Å²) in [5.41, 5.74) is 3.67. The van der Waals surface area contributed by atoms with Crippen molar-refractivity contribution in [2.75, 3.05) is 12.4 Å². The van der Waals surface area contributed by atoms with Crippen LogP contribution in [0.2, 0.25) is 0 Å². The highest BCUT2D eigenvalue weighted by Crippen LogP contribution is 2.32. The molecule has 1 atom stereocenters. The molecule has 5 heteroatoms. The minimum absolute atomic E-state index is 0.0561. The van der Waals surface area contributed by atoms with Crippen LogP contribution in [-0.4, -0.2) is 23.8 Å². The van der Waals surface area contributed by atoms with Crippen molar-refractivity contribution in [1.82, 2.24) is 4.90 Å². The van der Waals surface area contributed by atoms with E-state index in [4.69, 9.17) is 0 Å². The molecule has 2 amide bonds. The van der Waals surface area contributed by atoms with Gasteiger partial charge in [0.1, 0.15) is 0 Å². The molecule has 1 aromatic heterocycles. The Morgan fingerprint density at radius 2 is 1.77 bits per heavy atom. The molecular weight excluding hydrogens is 392 g/mol. The molecule has 4 nitrogen and oxygen atoms in total. The number of amides is 2. The van der Waals surface area contributed by atoms with E-state index in [-0.39, 0.29) is 17.9 Å². The first kappa shape index (κ1) is 20.4. The highest BCUT2D eigenvalue weighted by atomic mass is 32.1. The molecule has 0 saturated heterocycles. The molecule has 1 N–H and O–H groups in total. The predicted octanol–water partition coefficient (Wildman–Crippen LogP) is 5.71. The third-order valence-electron chi connectivity index (χ3n) is 5.77. The van der Waals surface area contributed by atoms with Crippen molar-refractivity contribution in [3.05, 3.63) is 87.1 Å². The highest BCUT2D eigenvalue weighted by Gasteiger charge is 2.23. The maximum Gasteiger partial charge on any atom is 0.264 e. The van der Waals surface area contributed by atoms with Crippen LogP contribution >= 0.6 is 11.3 Å². The predicted molar refractivity (Wildman–Crippen MR) is 122 cm³/mol. The number of aryl methyl sites for hydroxylation is 2. The third kappa shape index (κ3) is 4.31. The van der Waals surface area contributed by atoms with Gasteiger partial charge in [-0.25, -0.2) is 0 Å². The molecule has 2 aromatic carbocycles. The van der Waals surface area contributed by atoms with Crippen molar-refractivity contribution in [2.24, 2.45) is 0 Å². The van der Waals surface area contributed by atoms with Crippen LogP contribution in [0.5, 0.6) is 0 Å². The van der Waals surface area contributed by atoms with Crippen molar-refractivity contribution in [2.45, 2.75) is 38.6 Å². The number of thiophene rings is 1. The number of hydrogen-bond donors (Lipinski definition) is 1. The fourth-order valence-corrected chi connectivity index (χ4v) is 5.07. The van der Waals surface area contributed by atoms with Gasteiger partial charge >= 0.3 is 0 Å². The Balaban J connectivity index is 1.48. The van der Waals surface area contributed by atoms with Crippen LogP contribution in [0.1, 0.15) is 61.8 Å². The Bertz CT molecular complexity index is 1030. The lowest BCUT2D eigenvalue weighted by Gasteiger charge is -2.25. The van der Waals surface area contributed by atoms with Gasteiger partial charge in [-0.2, -0.15) is 0 Å². The van der Waals surface area contributed by atoms with E-state index in [0.717, 1.165) is 29.0 Å². The van der Waals surface area contributed by atoms with E-state index in [1.54, 1.807) is 28.4 Å². The van der Waals surface area contributed by atoms with Gasteiger partial charge in [0.2, 0.25) is 0 Å². The van der Waals surface area contributed by atoms with Crippen LogP contribution in [-0.2, 0) is 12.8 Å². The van der Waals surface area contributed by atoms with Gasteiger partial charge in [-0.05, 0) is 74.1 Å². The van der Waals surface area contributed by atoms with Crippen LogP contribution in [0, 0.1) is 0 Å². The highest BCUT2D eigenvalue weighted by molar-refractivity contribution is 7.14. The second-order valence-corrected chi connectivity index (χ2v) is 8.94. The largest absolute Gasteiger partial charge is 0.334 e. The minimum Gasteiger partial charge on any atom is -0.334 e. The van der Waals surface area contributed by atoms with Gasteiger partial charge in [0, 0.05) is 23.2 Å². The molecule has 0 fully saturated rings. The van der Waals surface area contributed by atoms with E-state index in [2.05, 4.69) is 11.4 Å². The lowest BCUT2D eigenvalue weighted by molar-refractivity contribution is 0.0747. The van der Waals surface area contributed by atoms with Gasteiger partial charge in [-0.15, -0.1) is 11.3 Å². The molecule has 30 heavy (non-hydrogen) atoms. The lowest BCUT2D eigenvalue weighted by atomic mass is 9.99. The first-order valence-electron chi connectivity index (χ1n) is 10.4. The summed E-state index contributed by atoms with van der Waals surface area (Å²) in [6.45, 7) is 2.02. The van der Waals surface area contributed by atoms with Crippen molar-refractivity contribution >= 4 is 28.8 Å². The number of fused-ring (bicyclic) bond motifs is 1. The monoisotopic (exact) mass is 418 g/mol. The molecular formula is C25H26N2O2S. The van der Waals surface area contributed by atoms with Crippen LogP contribution < -0.4 is 5.32 Å². The fourth-order valence-electron chi connectivity index (χ4n) is 3.84. The van der Waals surface area contributed by atoms with Crippen molar-refractivity contribution < 1.29 is 9.59 Å². The molecule has 0 saturated carbocycles. The number of benzene rings is 2. The van der Waals surface area contributed by atoms with E-state index in [0.29, 0.717) is 5.56 Å². The Morgan fingerprint density at radius 1 is 1.00 bits per heavy atom. The maximum atomic E-state index is 13.1. The Kier molecular flexibility index (Phi) is 6.00. The molecule has 1 aliphatic rings. The van der Waals surface area contributed by atoms with E-state index in [1.807, 2.05) is 56.4 Å². The van der Waals surface area contributed by atoms with Crippen molar-refractivity contribution in [3.63, 3.8) is 0 Å². The normalized spacial score (nSPS) is 13.9. The van der Waals surface area contributed by atoms with E-state index < -0.39 is 0 Å². The summed E-state index contributed by atoms with van der Waals surface area (Å²) in [7, 11) is 1.85. The average Bonchev–Trinajstić information content (AvgIpc) is 3.22. The first-order valence-corrected chi connectivity index (χ1v) is 11.2. The average molecular weight is 419 g/mol. The van der Waals surface area contributed by atoms with E-state index in [9.17, 15) is 9.59 Å². The minimum atomic E-state index is -0.144. The molecule has 0 radical (unpaired) electrons. The summed E-state index contributed by atoms with van der Waals surface area (Å²) in [4.78, 5) is 29.5. The summed E-state index contributed by atoms with van der Waals surface area (Å²) in [6, 6.07) is 18.8. The van der Waals surface area contributed by atoms with Gasteiger partial charge in [-0.3, -0.25) is 9.59 Å². The summed E-state index contributed by atoms with van der Waals surface area (Å²) >= 11 is 1.65. The quantitative estimate of drug-likeness (QED) is 0.577. The summed E-state index contributed by atoms with van der Waals surface area (Å²) in [5, 5.41) is 2.95. The van der Waals surface area contributed by atoms with Gasteiger partial charge in [0.05, 0.1) is 10.9 Å². The number of carbonyl (C=O) groups is 2. The van der Waals surface area contributed by atoms with E-state index in [1.165, 1.54) is 23.3 Å². The number of rotatable bonds is 5. The first-order chi connectivity index (χ1) is 14.5. The van der Waals surface area contributed by atoms with Gasteiger partial charge < -0.3 is 10.2 Å². The zero-order valence-electron chi connectivity index (χ0n) is 17.4. The summed E-state index contributed by atoms with van der Waals surface area (Å²) in [5.74, 6) is -0.0883. The number of nitrogens with zero attached hydrogens (tertiary/aromatic N) is 1. The van der Waals surface area contributed by atoms with Crippen LogP contribution in [0.15, 0.2) is 60.7 Å². The van der Waals surface area contributed by atoms with Gasteiger partial charge in [0.15, 0.2) is 0 Å². The standard InChI is InChI=1S/C25H26N2O2S/c1-17(27(2)25(29)23-16-20-11-6-7-14-22(20)30-23)19-12-8-13-21(15-19)26-24(28)18-9-4-3-5-10-18/h3-5,8-10,12-13,15-17H,6-7,11,14H2,1-2H3,(H,26,28). The zero-order valence-corrected chi connectivity index (χ0v) is 18.2. The molecule has 154 valence electrons. The van der Waals surface area contributed by atoms with Crippen molar-refractivity contribution in [3.8, 4) is 0 Å². The second kappa shape index (κ2) is 8.84. The van der Waals surface area contributed by atoms with Gasteiger partial charge in [0.25, 0.3) is 11.8 Å². The topological polar surface area (TPSA) is 49.4 Å². The molecule has 1 aliphatic carbocycles. The molecule has 3 aromatic rings. The summed E-state index contributed by atoms with van der Waals surface area (Å²) < 4.78 is 0. The Morgan fingerprint density at radius 3 is 2.53 bits per heavy atom. The lowest BCUT2D eigenvalue weighted by Crippen LogP contribution is -2.29. The summed E-state index contributed by atoms with van der Waals surface area (Å²) in [6.07, 6.45) is 4.61. The van der Waals surface area contributed by atoms with Gasteiger partial charge in [-0.1, -0.05) is 30.3 Å². The maximum absolute atomic E-state index is 13.1. The van der Waals surface area contributed by atoms with E-state index >= 15 is 0 Å². The van der Waals surface area contributed by atoms with Crippen molar-refractivity contribution in [1.29, 1.82) is 0 Å². The fraction of sp³-hybridized carbons (Fsp3) is 0.280. The molecule has 0 spiro atoms. The molecule has 1 unspecified atom stereocenters. The Labute approximate surface area is 181 Å². The van der Waals surface area contributed by atoms with Crippen LogP contribution in [0.25, 0.3) is 0 Å². The molecule has 4 rings (SSSR count). The van der Waals surface area contributed by atoms with Crippen LogP contribution in [0.3, 0.4) is 0 Å². The molecule has 0 aliphatic heterocycles. The number of hydrogen-bond acceptors (Lipinski definition) is 3. The second-order valence-electron chi connectivity index (χ2n) is 7.80. The third-order valence-corrected chi connectivity index (χ3v) is 7.00. The number of carbonyl (C=O) groups excluding carboxylic acids is 2.